The second-order valence-corrected chi connectivity index (χ2v) is 7.18. The Morgan fingerprint density at radius 2 is 2.08 bits per heavy atom. The standard InChI is InChI=1S/C21H29FN4/c1-2-25(17-21-23-10-5-11-24-21)15-19-7-4-12-26(16-19)13-9-18-6-3-8-20(22)14-18/h3,5-6,8,10-11,14,19H,2,4,7,9,12-13,15-17H2,1H3. The maximum atomic E-state index is 13.3. The number of hydrogen-bond acceptors (Lipinski definition) is 4. The average Bonchev–Trinajstić information content (AvgIpc) is 2.67. The van der Waals surface area contributed by atoms with Gasteiger partial charge in [-0.2, -0.15) is 0 Å². The highest BCUT2D eigenvalue weighted by Crippen LogP contribution is 2.19. The van der Waals surface area contributed by atoms with E-state index in [1.807, 2.05) is 24.5 Å². The summed E-state index contributed by atoms with van der Waals surface area (Å²) in [5.41, 5.74) is 1.09. The van der Waals surface area contributed by atoms with Gasteiger partial charge >= 0.3 is 0 Å². The fourth-order valence-corrected chi connectivity index (χ4v) is 3.77. The molecule has 0 spiro atoms. The van der Waals surface area contributed by atoms with Gasteiger partial charge in [-0.25, -0.2) is 14.4 Å². The molecule has 5 heteroatoms. The fraction of sp³-hybridized carbons (Fsp3) is 0.524. The van der Waals surface area contributed by atoms with Gasteiger partial charge in [-0.3, -0.25) is 4.90 Å². The molecule has 0 amide bonds. The highest BCUT2D eigenvalue weighted by molar-refractivity contribution is 5.16. The van der Waals surface area contributed by atoms with E-state index in [1.165, 1.54) is 18.9 Å². The van der Waals surface area contributed by atoms with Crippen molar-refractivity contribution in [3.8, 4) is 0 Å². The van der Waals surface area contributed by atoms with Crippen LogP contribution in [0.3, 0.4) is 0 Å². The summed E-state index contributed by atoms with van der Waals surface area (Å²) in [5.74, 6) is 1.44. The van der Waals surface area contributed by atoms with Gasteiger partial charge in [0, 0.05) is 32.0 Å². The first-order valence-electron chi connectivity index (χ1n) is 9.68. The monoisotopic (exact) mass is 356 g/mol. The number of piperidine rings is 1. The highest BCUT2D eigenvalue weighted by Gasteiger charge is 2.22. The lowest BCUT2D eigenvalue weighted by Crippen LogP contribution is -2.41. The predicted molar refractivity (Wildman–Crippen MR) is 102 cm³/mol. The zero-order valence-electron chi connectivity index (χ0n) is 15.6. The molecule has 0 aliphatic carbocycles. The average molecular weight is 356 g/mol. The molecule has 3 rings (SSSR count). The number of rotatable bonds is 8. The van der Waals surface area contributed by atoms with Crippen molar-refractivity contribution in [3.05, 3.63) is 59.9 Å². The van der Waals surface area contributed by atoms with Crippen molar-refractivity contribution in [2.75, 3.05) is 32.7 Å². The number of aromatic nitrogens is 2. The lowest BCUT2D eigenvalue weighted by atomic mass is 9.97. The molecule has 1 aliphatic rings. The van der Waals surface area contributed by atoms with Crippen LogP contribution in [-0.2, 0) is 13.0 Å². The number of hydrogen-bond donors (Lipinski definition) is 0. The van der Waals surface area contributed by atoms with Crippen molar-refractivity contribution in [1.29, 1.82) is 0 Å². The molecule has 2 aromatic rings. The zero-order valence-corrected chi connectivity index (χ0v) is 15.6. The van der Waals surface area contributed by atoms with E-state index in [-0.39, 0.29) is 5.82 Å². The minimum Gasteiger partial charge on any atom is -0.303 e. The topological polar surface area (TPSA) is 32.3 Å². The molecule has 1 saturated heterocycles. The van der Waals surface area contributed by atoms with E-state index in [4.69, 9.17) is 0 Å². The molecular formula is C21H29FN4. The second kappa shape index (κ2) is 9.74. The van der Waals surface area contributed by atoms with E-state index in [0.29, 0.717) is 5.92 Å². The van der Waals surface area contributed by atoms with Gasteiger partial charge in [0.2, 0.25) is 0 Å². The first-order valence-corrected chi connectivity index (χ1v) is 9.68. The molecule has 1 aliphatic heterocycles. The normalized spacial score (nSPS) is 18.3. The van der Waals surface area contributed by atoms with E-state index in [9.17, 15) is 4.39 Å². The van der Waals surface area contributed by atoms with Crippen molar-refractivity contribution in [2.24, 2.45) is 5.92 Å². The molecule has 140 valence electrons. The molecule has 1 unspecified atom stereocenters. The Bertz CT molecular complexity index is 664. The highest BCUT2D eigenvalue weighted by atomic mass is 19.1. The number of benzene rings is 1. The fourth-order valence-electron chi connectivity index (χ4n) is 3.77. The van der Waals surface area contributed by atoms with Gasteiger partial charge in [0.05, 0.1) is 6.54 Å². The van der Waals surface area contributed by atoms with E-state index in [2.05, 4.69) is 26.7 Å². The summed E-state index contributed by atoms with van der Waals surface area (Å²) in [6.45, 7) is 8.41. The lowest BCUT2D eigenvalue weighted by molar-refractivity contribution is 0.132. The third kappa shape index (κ3) is 5.85. The molecule has 1 aromatic carbocycles. The first kappa shape index (κ1) is 18.9. The lowest BCUT2D eigenvalue weighted by Gasteiger charge is -2.35. The van der Waals surface area contributed by atoms with Gasteiger partial charge in [0.25, 0.3) is 0 Å². The van der Waals surface area contributed by atoms with Crippen LogP contribution in [0.25, 0.3) is 0 Å². The van der Waals surface area contributed by atoms with Crippen molar-refractivity contribution >= 4 is 0 Å². The Balaban J connectivity index is 1.47. The molecule has 2 heterocycles. The Labute approximate surface area is 156 Å². The first-order chi connectivity index (χ1) is 12.7. The molecule has 4 nitrogen and oxygen atoms in total. The van der Waals surface area contributed by atoms with Crippen LogP contribution in [0.5, 0.6) is 0 Å². The maximum absolute atomic E-state index is 13.3. The van der Waals surface area contributed by atoms with E-state index >= 15 is 0 Å². The number of halogens is 1. The molecule has 0 radical (unpaired) electrons. The van der Waals surface area contributed by atoms with Crippen LogP contribution in [0.4, 0.5) is 4.39 Å². The number of nitrogens with zero attached hydrogens (tertiary/aromatic N) is 4. The zero-order chi connectivity index (χ0) is 18.2. The molecule has 1 aromatic heterocycles. The SMILES string of the molecule is CCN(Cc1ncccn1)CC1CCCN(CCc2cccc(F)c2)C1. The largest absolute Gasteiger partial charge is 0.303 e. The van der Waals surface area contributed by atoms with Gasteiger partial charge in [0.15, 0.2) is 0 Å². The molecule has 0 N–H and O–H groups in total. The van der Waals surface area contributed by atoms with Gasteiger partial charge in [0.1, 0.15) is 11.6 Å². The van der Waals surface area contributed by atoms with Crippen LogP contribution in [0.1, 0.15) is 31.2 Å². The quantitative estimate of drug-likeness (QED) is 0.726. The third-order valence-electron chi connectivity index (χ3n) is 5.16. The predicted octanol–water partition coefficient (Wildman–Crippen LogP) is 3.39. The molecule has 0 bridgehead atoms. The van der Waals surface area contributed by atoms with Gasteiger partial charge < -0.3 is 4.90 Å². The van der Waals surface area contributed by atoms with E-state index in [1.54, 1.807) is 12.1 Å². The Morgan fingerprint density at radius 3 is 2.85 bits per heavy atom. The molecular weight excluding hydrogens is 327 g/mol. The Hall–Kier alpha value is -1.85. The van der Waals surface area contributed by atoms with Crippen LogP contribution in [0.2, 0.25) is 0 Å². The summed E-state index contributed by atoms with van der Waals surface area (Å²) in [4.78, 5) is 13.7. The van der Waals surface area contributed by atoms with E-state index in [0.717, 1.165) is 57.1 Å². The summed E-state index contributed by atoms with van der Waals surface area (Å²) in [6, 6.07) is 8.84. The summed E-state index contributed by atoms with van der Waals surface area (Å²) in [6.07, 6.45) is 7.06. The molecule has 1 atom stereocenters. The maximum Gasteiger partial charge on any atom is 0.142 e. The molecule has 0 saturated carbocycles. The Kier molecular flexibility index (Phi) is 7.09. The van der Waals surface area contributed by atoms with Gasteiger partial charge in [-0.15, -0.1) is 0 Å². The van der Waals surface area contributed by atoms with Crippen LogP contribution in [0.15, 0.2) is 42.7 Å². The van der Waals surface area contributed by atoms with Crippen molar-refractivity contribution < 1.29 is 4.39 Å². The van der Waals surface area contributed by atoms with Crippen LogP contribution < -0.4 is 0 Å². The smallest absolute Gasteiger partial charge is 0.142 e. The Morgan fingerprint density at radius 1 is 1.23 bits per heavy atom. The van der Waals surface area contributed by atoms with Crippen molar-refractivity contribution in [2.45, 2.75) is 32.7 Å². The number of likely N-dealkylation sites (tertiary alicyclic amines) is 1. The van der Waals surface area contributed by atoms with E-state index < -0.39 is 0 Å². The van der Waals surface area contributed by atoms with Gasteiger partial charge in [-0.05, 0) is 62.0 Å². The third-order valence-corrected chi connectivity index (χ3v) is 5.16. The van der Waals surface area contributed by atoms with Crippen LogP contribution >= 0.6 is 0 Å². The molecule has 26 heavy (non-hydrogen) atoms. The van der Waals surface area contributed by atoms with Crippen LogP contribution in [0, 0.1) is 11.7 Å². The minimum atomic E-state index is -0.138. The van der Waals surface area contributed by atoms with Crippen molar-refractivity contribution in [3.63, 3.8) is 0 Å². The summed E-state index contributed by atoms with van der Waals surface area (Å²) < 4.78 is 13.3. The summed E-state index contributed by atoms with van der Waals surface area (Å²) in [5, 5.41) is 0. The minimum absolute atomic E-state index is 0.138. The second-order valence-electron chi connectivity index (χ2n) is 7.18. The molecule has 1 fully saturated rings. The van der Waals surface area contributed by atoms with Crippen molar-refractivity contribution in [1.82, 2.24) is 19.8 Å². The summed E-state index contributed by atoms with van der Waals surface area (Å²) in [7, 11) is 0. The summed E-state index contributed by atoms with van der Waals surface area (Å²) >= 11 is 0. The van der Waals surface area contributed by atoms with Gasteiger partial charge in [-0.1, -0.05) is 19.1 Å². The van der Waals surface area contributed by atoms with Crippen LogP contribution in [-0.4, -0.2) is 52.5 Å².